The average molecular weight is 384 g/mol. The molecule has 0 saturated heterocycles. The molecule has 1 heterocycles. The highest BCUT2D eigenvalue weighted by Gasteiger charge is 2.27. The molecule has 2 rings (SSSR count). The maximum atomic E-state index is 12.6. The van der Waals surface area contributed by atoms with E-state index in [-0.39, 0.29) is 23.0 Å². The van der Waals surface area contributed by atoms with E-state index < -0.39 is 15.4 Å². The van der Waals surface area contributed by atoms with Gasteiger partial charge in [0, 0.05) is 25.5 Å². The summed E-state index contributed by atoms with van der Waals surface area (Å²) in [6.45, 7) is 5.24. The lowest BCUT2D eigenvalue weighted by Gasteiger charge is -2.31. The fourth-order valence-corrected chi connectivity index (χ4v) is 4.06. The molecule has 1 amide bonds. The smallest absolute Gasteiger partial charge is 0.221 e. The van der Waals surface area contributed by atoms with E-state index in [1.807, 2.05) is 13.8 Å². The van der Waals surface area contributed by atoms with Gasteiger partial charge in [-0.3, -0.25) is 4.79 Å². The molecule has 0 atom stereocenters. The topological polar surface area (TPSA) is 108 Å². The average Bonchev–Trinajstić information content (AvgIpc) is 2.89. The van der Waals surface area contributed by atoms with Crippen LogP contribution in [0.1, 0.15) is 39.5 Å². The van der Waals surface area contributed by atoms with Crippen molar-refractivity contribution in [2.24, 2.45) is 5.73 Å². The van der Waals surface area contributed by atoms with Gasteiger partial charge in [0.2, 0.25) is 5.91 Å². The lowest BCUT2D eigenvalue weighted by atomic mass is 9.93. The summed E-state index contributed by atoms with van der Waals surface area (Å²) in [6.07, 6.45) is 2.02. The van der Waals surface area contributed by atoms with Crippen LogP contribution >= 0.6 is 0 Å². The van der Waals surface area contributed by atoms with Crippen molar-refractivity contribution in [2.45, 2.75) is 50.0 Å². The summed E-state index contributed by atoms with van der Waals surface area (Å²) in [5, 5.41) is 2.89. The van der Waals surface area contributed by atoms with E-state index in [0.717, 1.165) is 6.42 Å². The molecule has 3 N–H and O–H groups in total. The van der Waals surface area contributed by atoms with Gasteiger partial charge in [0.1, 0.15) is 0 Å². The number of benzene rings is 1. The van der Waals surface area contributed by atoms with Crippen molar-refractivity contribution in [3.63, 3.8) is 0 Å². The van der Waals surface area contributed by atoms with E-state index in [9.17, 15) is 13.2 Å². The Labute approximate surface area is 155 Å². The van der Waals surface area contributed by atoms with Crippen molar-refractivity contribution in [3.8, 4) is 11.5 Å². The highest BCUT2D eigenvalue weighted by molar-refractivity contribution is 7.91. The molecule has 0 unspecified atom stereocenters. The third-order valence-electron chi connectivity index (χ3n) is 4.82. The van der Waals surface area contributed by atoms with Crippen LogP contribution in [0.3, 0.4) is 0 Å². The van der Waals surface area contributed by atoms with Gasteiger partial charge < -0.3 is 20.5 Å². The second-order valence-electron chi connectivity index (χ2n) is 6.47. The fraction of sp³-hybridized carbons (Fsp3) is 0.611. The number of hydrogen-bond donors (Lipinski definition) is 2. The molecule has 8 heteroatoms. The van der Waals surface area contributed by atoms with Crippen LogP contribution in [0, 0.1) is 0 Å². The van der Waals surface area contributed by atoms with Gasteiger partial charge in [-0.2, -0.15) is 0 Å². The van der Waals surface area contributed by atoms with Crippen molar-refractivity contribution in [2.75, 3.05) is 25.5 Å². The number of hydrogen-bond acceptors (Lipinski definition) is 6. The molecule has 1 aliphatic heterocycles. The molecule has 146 valence electrons. The molecule has 0 fully saturated rings. The fourth-order valence-electron chi connectivity index (χ4n) is 2.81. The monoisotopic (exact) mass is 384 g/mol. The Bertz CT molecular complexity index is 721. The third-order valence-corrected chi connectivity index (χ3v) is 6.54. The van der Waals surface area contributed by atoms with Crippen molar-refractivity contribution in [1.29, 1.82) is 0 Å². The summed E-state index contributed by atoms with van der Waals surface area (Å²) < 4.78 is 36.2. The molecule has 0 aromatic heterocycles. The maximum Gasteiger partial charge on any atom is 0.221 e. The van der Waals surface area contributed by atoms with Crippen LogP contribution in [-0.4, -0.2) is 45.4 Å². The Kier molecular flexibility index (Phi) is 6.88. The minimum atomic E-state index is -3.60. The van der Waals surface area contributed by atoms with E-state index in [0.29, 0.717) is 44.1 Å². The first-order chi connectivity index (χ1) is 12.4. The second kappa shape index (κ2) is 8.73. The molecule has 1 aromatic carbocycles. The molecular weight excluding hydrogens is 356 g/mol. The first-order valence-corrected chi connectivity index (χ1v) is 10.6. The normalized spacial score (nSPS) is 14.6. The zero-order valence-corrected chi connectivity index (χ0v) is 16.2. The quantitative estimate of drug-likeness (QED) is 0.705. The van der Waals surface area contributed by atoms with Gasteiger partial charge in [-0.15, -0.1) is 0 Å². The number of carbonyl (C=O) groups is 1. The summed E-state index contributed by atoms with van der Waals surface area (Å²) in [6, 6.07) is 4.56. The van der Waals surface area contributed by atoms with Gasteiger partial charge in [-0.1, -0.05) is 13.8 Å². The number of nitrogens with two attached hydrogens (primary N) is 1. The van der Waals surface area contributed by atoms with Gasteiger partial charge in [-0.05, 0) is 25.0 Å². The van der Waals surface area contributed by atoms with Gasteiger partial charge in [0.05, 0.1) is 29.4 Å². The Morgan fingerprint density at radius 1 is 1.19 bits per heavy atom. The predicted molar refractivity (Wildman–Crippen MR) is 99.2 cm³/mol. The molecular formula is C18H28N2O5S. The van der Waals surface area contributed by atoms with Crippen molar-refractivity contribution < 1.29 is 22.7 Å². The molecule has 26 heavy (non-hydrogen) atoms. The first kappa shape index (κ1) is 20.5. The van der Waals surface area contributed by atoms with Crippen LogP contribution in [0.25, 0.3) is 0 Å². The van der Waals surface area contributed by atoms with E-state index >= 15 is 0 Å². The Hall–Kier alpha value is -1.80. The Balaban J connectivity index is 2.05. The van der Waals surface area contributed by atoms with Gasteiger partial charge in [0.25, 0.3) is 0 Å². The standard InChI is InChI=1S/C18H28N2O5S/c1-3-18(4-2,13-19)20-17(21)8-11-26(22,23)14-6-7-15-16(12-14)25-10-5-9-24-15/h6-7,12H,3-5,8-11,13,19H2,1-2H3,(H,20,21). The Morgan fingerprint density at radius 2 is 1.85 bits per heavy atom. The molecule has 0 bridgehead atoms. The number of fused-ring (bicyclic) bond motifs is 1. The second-order valence-corrected chi connectivity index (χ2v) is 8.58. The molecule has 0 radical (unpaired) electrons. The van der Waals surface area contributed by atoms with Crippen molar-refractivity contribution >= 4 is 15.7 Å². The number of nitrogens with one attached hydrogen (secondary N) is 1. The van der Waals surface area contributed by atoms with Crippen LogP contribution in [-0.2, 0) is 14.6 Å². The first-order valence-electron chi connectivity index (χ1n) is 8.99. The largest absolute Gasteiger partial charge is 0.490 e. The predicted octanol–water partition coefficient (Wildman–Crippen LogP) is 1.65. The SMILES string of the molecule is CCC(CC)(CN)NC(=O)CCS(=O)(=O)c1ccc2c(c1)OCCCO2. The number of ether oxygens (including phenoxy) is 2. The molecule has 1 aliphatic rings. The van der Waals surface area contributed by atoms with E-state index in [1.165, 1.54) is 12.1 Å². The van der Waals surface area contributed by atoms with Crippen LogP contribution in [0.5, 0.6) is 11.5 Å². The molecule has 7 nitrogen and oxygen atoms in total. The Morgan fingerprint density at radius 3 is 2.46 bits per heavy atom. The molecule has 0 spiro atoms. The summed E-state index contributed by atoms with van der Waals surface area (Å²) in [4.78, 5) is 12.3. The van der Waals surface area contributed by atoms with Gasteiger partial charge in [0.15, 0.2) is 21.3 Å². The molecule has 1 aromatic rings. The van der Waals surface area contributed by atoms with Crippen LogP contribution in [0.2, 0.25) is 0 Å². The van der Waals surface area contributed by atoms with Gasteiger partial charge in [-0.25, -0.2) is 8.42 Å². The van der Waals surface area contributed by atoms with E-state index in [4.69, 9.17) is 15.2 Å². The summed E-state index contributed by atoms with van der Waals surface area (Å²) in [5.74, 6) is 0.383. The summed E-state index contributed by atoms with van der Waals surface area (Å²) in [7, 11) is -3.60. The number of rotatable bonds is 8. The maximum absolute atomic E-state index is 12.6. The van der Waals surface area contributed by atoms with Crippen molar-refractivity contribution in [1.82, 2.24) is 5.32 Å². The molecule has 0 aliphatic carbocycles. The number of sulfone groups is 1. The third kappa shape index (κ3) is 4.88. The van der Waals surface area contributed by atoms with Crippen molar-refractivity contribution in [3.05, 3.63) is 18.2 Å². The van der Waals surface area contributed by atoms with E-state index in [1.54, 1.807) is 6.07 Å². The minimum Gasteiger partial charge on any atom is -0.490 e. The summed E-state index contributed by atoms with van der Waals surface area (Å²) >= 11 is 0. The lowest BCUT2D eigenvalue weighted by Crippen LogP contribution is -2.53. The number of carbonyl (C=O) groups excluding carboxylic acids is 1. The number of amides is 1. The highest BCUT2D eigenvalue weighted by Crippen LogP contribution is 2.32. The van der Waals surface area contributed by atoms with Crippen LogP contribution in [0.15, 0.2) is 23.1 Å². The zero-order valence-electron chi connectivity index (χ0n) is 15.4. The molecule has 0 saturated carbocycles. The highest BCUT2D eigenvalue weighted by atomic mass is 32.2. The van der Waals surface area contributed by atoms with Crippen LogP contribution in [0.4, 0.5) is 0 Å². The summed E-state index contributed by atoms with van der Waals surface area (Å²) in [5.41, 5.74) is 5.29. The lowest BCUT2D eigenvalue weighted by molar-refractivity contribution is -0.122. The van der Waals surface area contributed by atoms with Gasteiger partial charge >= 0.3 is 0 Å². The zero-order chi connectivity index (χ0) is 19.2. The van der Waals surface area contributed by atoms with Crippen LogP contribution < -0.4 is 20.5 Å². The van der Waals surface area contributed by atoms with E-state index in [2.05, 4.69) is 5.32 Å². The minimum absolute atomic E-state index is 0.113.